The van der Waals surface area contributed by atoms with Crippen molar-refractivity contribution < 1.29 is 23.9 Å². The van der Waals surface area contributed by atoms with Gasteiger partial charge in [0.15, 0.2) is 5.13 Å². The molecule has 14 heteroatoms. The fraction of sp³-hybridized carbons (Fsp3) is 0.0769. The number of thiazole rings is 1. The van der Waals surface area contributed by atoms with E-state index in [1.807, 2.05) is 0 Å². The molecule has 0 spiro atoms. The Balaban J connectivity index is 1.40. The standard InChI is InChI=1S/C26H16Cl4FN3O4S2/c1-11(23(35)34-26-33-16(10-39-26)12-2-4-13(31)5-3-12)40-15-8-6-14(7-9-15)32-24(36)17-18(25(37)38)20(28)22(30)21(29)19(17)27/h2-11H,1H3,(H,32,36)(H,37,38)(H,33,34,35). The first-order valence-electron chi connectivity index (χ1n) is 11.2. The summed E-state index contributed by atoms with van der Waals surface area (Å²) in [4.78, 5) is 42.5. The van der Waals surface area contributed by atoms with E-state index < -0.39 is 33.3 Å². The number of carbonyl (C=O) groups is 3. The molecule has 4 rings (SSSR count). The zero-order chi connectivity index (χ0) is 29.1. The molecular formula is C26H16Cl4FN3O4S2. The Morgan fingerprint density at radius 1 is 0.900 bits per heavy atom. The van der Waals surface area contributed by atoms with Crippen molar-refractivity contribution in [3.8, 4) is 11.3 Å². The molecule has 7 nitrogen and oxygen atoms in total. The van der Waals surface area contributed by atoms with Crippen LogP contribution in [0, 0.1) is 5.82 Å². The van der Waals surface area contributed by atoms with E-state index in [-0.39, 0.29) is 26.8 Å². The quantitative estimate of drug-likeness (QED) is 0.0993. The number of nitrogens with zero attached hydrogens (tertiary/aromatic N) is 1. The number of halogens is 5. The van der Waals surface area contributed by atoms with Gasteiger partial charge in [0.1, 0.15) is 5.82 Å². The van der Waals surface area contributed by atoms with Crippen LogP contribution >= 0.6 is 69.5 Å². The summed E-state index contributed by atoms with van der Waals surface area (Å²) in [6.07, 6.45) is 0. The third kappa shape index (κ3) is 6.71. The van der Waals surface area contributed by atoms with Crippen LogP contribution in [0.15, 0.2) is 58.8 Å². The van der Waals surface area contributed by atoms with Gasteiger partial charge in [0.25, 0.3) is 5.91 Å². The number of thioether (sulfide) groups is 1. The molecule has 0 aliphatic heterocycles. The fourth-order valence-corrected chi connectivity index (χ4v) is 6.01. The molecule has 1 unspecified atom stereocenters. The van der Waals surface area contributed by atoms with Crippen LogP contribution in [0.5, 0.6) is 0 Å². The number of rotatable bonds is 8. The molecule has 4 aromatic rings. The SMILES string of the molecule is CC(Sc1ccc(NC(=O)c2c(Cl)c(Cl)c(Cl)c(Cl)c2C(=O)O)cc1)C(=O)Nc1nc(-c2ccc(F)cc2)cs1. The summed E-state index contributed by atoms with van der Waals surface area (Å²) < 4.78 is 13.2. The van der Waals surface area contributed by atoms with E-state index in [0.717, 1.165) is 10.5 Å². The molecule has 0 saturated carbocycles. The fourth-order valence-electron chi connectivity index (χ4n) is 3.41. The lowest BCUT2D eigenvalue weighted by molar-refractivity contribution is -0.115. The number of hydrogen-bond donors (Lipinski definition) is 3. The molecule has 0 aliphatic carbocycles. The summed E-state index contributed by atoms with van der Waals surface area (Å²) in [6.45, 7) is 1.73. The van der Waals surface area contributed by atoms with Gasteiger partial charge in [-0.1, -0.05) is 46.4 Å². The van der Waals surface area contributed by atoms with Crippen LogP contribution in [-0.2, 0) is 4.79 Å². The van der Waals surface area contributed by atoms with Crippen LogP contribution in [0.4, 0.5) is 15.2 Å². The first kappa shape index (κ1) is 30.1. The van der Waals surface area contributed by atoms with Crippen molar-refractivity contribution in [1.82, 2.24) is 4.98 Å². The van der Waals surface area contributed by atoms with E-state index in [1.165, 1.54) is 35.2 Å². The number of aromatic nitrogens is 1. The van der Waals surface area contributed by atoms with Crippen molar-refractivity contribution >= 4 is 98.1 Å². The number of anilines is 2. The molecule has 1 heterocycles. The average Bonchev–Trinajstić information content (AvgIpc) is 3.38. The summed E-state index contributed by atoms with van der Waals surface area (Å²) in [5, 5.41) is 15.3. The van der Waals surface area contributed by atoms with Gasteiger partial charge in [-0.25, -0.2) is 14.2 Å². The highest BCUT2D eigenvalue weighted by Crippen LogP contribution is 2.42. The normalized spacial score (nSPS) is 11.7. The zero-order valence-corrected chi connectivity index (χ0v) is 24.8. The Morgan fingerprint density at radius 3 is 2.10 bits per heavy atom. The minimum absolute atomic E-state index is 0.244. The van der Waals surface area contributed by atoms with E-state index >= 15 is 0 Å². The van der Waals surface area contributed by atoms with Crippen LogP contribution in [0.25, 0.3) is 11.3 Å². The van der Waals surface area contributed by atoms with Gasteiger partial charge in [-0.2, -0.15) is 0 Å². The number of carbonyl (C=O) groups excluding carboxylic acids is 2. The van der Waals surface area contributed by atoms with Crippen LogP contribution in [0.1, 0.15) is 27.6 Å². The van der Waals surface area contributed by atoms with Crippen molar-refractivity contribution in [1.29, 1.82) is 0 Å². The maximum absolute atomic E-state index is 13.2. The Hall–Kier alpha value is -2.86. The average molecular weight is 659 g/mol. The molecular weight excluding hydrogens is 643 g/mol. The Morgan fingerprint density at radius 2 is 1.50 bits per heavy atom. The Kier molecular flexibility index (Phi) is 9.60. The van der Waals surface area contributed by atoms with Crippen LogP contribution < -0.4 is 10.6 Å². The van der Waals surface area contributed by atoms with E-state index in [1.54, 1.807) is 48.7 Å². The second kappa shape index (κ2) is 12.8. The van der Waals surface area contributed by atoms with E-state index in [4.69, 9.17) is 46.4 Å². The van der Waals surface area contributed by atoms with Crippen molar-refractivity contribution in [2.45, 2.75) is 17.1 Å². The highest BCUT2D eigenvalue weighted by molar-refractivity contribution is 8.00. The molecule has 1 atom stereocenters. The van der Waals surface area contributed by atoms with E-state index in [9.17, 15) is 23.9 Å². The van der Waals surface area contributed by atoms with Gasteiger partial charge in [-0.05, 0) is 55.5 Å². The van der Waals surface area contributed by atoms with Crippen molar-refractivity contribution in [2.24, 2.45) is 0 Å². The highest BCUT2D eigenvalue weighted by Gasteiger charge is 2.29. The second-order valence-electron chi connectivity index (χ2n) is 8.08. The minimum atomic E-state index is -1.50. The number of aromatic carboxylic acids is 1. The van der Waals surface area contributed by atoms with Crippen LogP contribution in [0.2, 0.25) is 20.1 Å². The van der Waals surface area contributed by atoms with E-state index in [0.29, 0.717) is 16.5 Å². The van der Waals surface area contributed by atoms with Crippen LogP contribution in [-0.4, -0.2) is 33.1 Å². The molecule has 1 aromatic heterocycles. The molecule has 2 amide bonds. The van der Waals surface area contributed by atoms with E-state index in [2.05, 4.69) is 15.6 Å². The number of amides is 2. The van der Waals surface area contributed by atoms with Crippen molar-refractivity contribution in [3.63, 3.8) is 0 Å². The molecule has 0 fully saturated rings. The summed E-state index contributed by atoms with van der Waals surface area (Å²) in [5.41, 5.74) is 0.685. The Bertz CT molecular complexity index is 1620. The summed E-state index contributed by atoms with van der Waals surface area (Å²) in [6, 6.07) is 12.4. The van der Waals surface area contributed by atoms with Gasteiger partial charge in [0, 0.05) is 21.5 Å². The summed E-state index contributed by atoms with van der Waals surface area (Å²) in [5.74, 6) is -2.96. The summed E-state index contributed by atoms with van der Waals surface area (Å²) in [7, 11) is 0. The first-order chi connectivity index (χ1) is 19.0. The molecule has 0 radical (unpaired) electrons. The van der Waals surface area contributed by atoms with Gasteiger partial charge in [-0.3, -0.25) is 9.59 Å². The highest BCUT2D eigenvalue weighted by atomic mass is 35.5. The third-order valence-corrected chi connectivity index (χ3v) is 9.05. The molecule has 0 bridgehead atoms. The third-order valence-electron chi connectivity index (χ3n) is 5.38. The van der Waals surface area contributed by atoms with Gasteiger partial charge >= 0.3 is 5.97 Å². The molecule has 3 N–H and O–H groups in total. The number of nitrogens with one attached hydrogen (secondary N) is 2. The lowest BCUT2D eigenvalue weighted by atomic mass is 10.1. The van der Waals surface area contributed by atoms with Crippen molar-refractivity contribution in [2.75, 3.05) is 10.6 Å². The predicted octanol–water partition coefficient (Wildman–Crippen LogP) is 8.63. The number of benzene rings is 3. The molecule has 0 aliphatic rings. The number of carboxylic acid groups (broad SMARTS) is 1. The maximum Gasteiger partial charge on any atom is 0.338 e. The molecule has 206 valence electrons. The van der Waals surface area contributed by atoms with Gasteiger partial charge < -0.3 is 15.7 Å². The Labute approximate surface area is 255 Å². The van der Waals surface area contributed by atoms with Gasteiger partial charge in [0.2, 0.25) is 5.91 Å². The second-order valence-corrected chi connectivity index (χ2v) is 11.9. The van der Waals surface area contributed by atoms with Gasteiger partial charge in [0.05, 0.1) is 42.2 Å². The predicted molar refractivity (Wildman–Crippen MR) is 159 cm³/mol. The number of carboxylic acids is 1. The summed E-state index contributed by atoms with van der Waals surface area (Å²) >= 11 is 26.6. The van der Waals surface area contributed by atoms with Gasteiger partial charge in [-0.15, -0.1) is 23.1 Å². The largest absolute Gasteiger partial charge is 0.478 e. The minimum Gasteiger partial charge on any atom is -0.478 e. The zero-order valence-electron chi connectivity index (χ0n) is 20.1. The topological polar surface area (TPSA) is 108 Å². The smallest absolute Gasteiger partial charge is 0.338 e. The maximum atomic E-state index is 13.2. The van der Waals surface area contributed by atoms with Crippen molar-refractivity contribution in [3.05, 3.63) is 90.9 Å². The molecule has 0 saturated heterocycles. The molecule has 3 aromatic carbocycles. The first-order valence-corrected chi connectivity index (χ1v) is 14.4. The monoisotopic (exact) mass is 657 g/mol. The lowest BCUT2D eigenvalue weighted by Crippen LogP contribution is -2.22. The number of hydrogen-bond acceptors (Lipinski definition) is 6. The lowest BCUT2D eigenvalue weighted by Gasteiger charge is -2.14. The molecule has 40 heavy (non-hydrogen) atoms. The van der Waals surface area contributed by atoms with Crippen LogP contribution in [0.3, 0.4) is 0 Å².